The number of carbonyl (C=O) groups excluding carboxylic acids is 1. The van der Waals surface area contributed by atoms with Gasteiger partial charge in [-0.2, -0.15) is 0 Å². The third kappa shape index (κ3) is 3.69. The van der Waals surface area contributed by atoms with Crippen molar-refractivity contribution in [1.82, 2.24) is 5.16 Å². The molecule has 0 saturated heterocycles. The number of hydrogen-bond donors (Lipinski definition) is 0. The standard InChI is InChI=1S/C20H19NO5/c1-13-18(23-2)9-15(10-19(13)24-3)20(22)25-12-16-11-17(21-26-16)14-7-5-4-6-8-14/h4-11H,12H2,1-3H3. The Morgan fingerprint density at radius 1 is 1.04 bits per heavy atom. The maximum atomic E-state index is 12.3. The van der Waals surface area contributed by atoms with Crippen molar-refractivity contribution in [3.63, 3.8) is 0 Å². The topological polar surface area (TPSA) is 70.8 Å². The van der Waals surface area contributed by atoms with E-state index in [1.54, 1.807) is 18.2 Å². The molecule has 3 rings (SSSR count). The van der Waals surface area contributed by atoms with E-state index < -0.39 is 5.97 Å². The lowest BCUT2D eigenvalue weighted by molar-refractivity contribution is 0.0436. The zero-order chi connectivity index (χ0) is 18.5. The normalized spacial score (nSPS) is 10.4. The number of ether oxygens (including phenoxy) is 3. The molecule has 6 heteroatoms. The van der Waals surface area contributed by atoms with Crippen molar-refractivity contribution in [1.29, 1.82) is 0 Å². The van der Waals surface area contributed by atoms with Crippen LogP contribution in [0.4, 0.5) is 0 Å². The summed E-state index contributed by atoms with van der Waals surface area (Å²) in [4.78, 5) is 12.3. The third-order valence-electron chi connectivity index (χ3n) is 3.96. The number of carbonyl (C=O) groups is 1. The van der Waals surface area contributed by atoms with Gasteiger partial charge >= 0.3 is 5.97 Å². The first-order valence-corrected chi connectivity index (χ1v) is 8.03. The summed E-state index contributed by atoms with van der Waals surface area (Å²) in [5.41, 5.74) is 2.78. The molecule has 1 heterocycles. The fraction of sp³-hybridized carbons (Fsp3) is 0.200. The Hall–Kier alpha value is -3.28. The summed E-state index contributed by atoms with van der Waals surface area (Å²) in [6, 6.07) is 14.6. The second-order valence-corrected chi connectivity index (χ2v) is 5.63. The fourth-order valence-corrected chi connectivity index (χ4v) is 2.55. The number of esters is 1. The number of benzene rings is 2. The quantitative estimate of drug-likeness (QED) is 0.623. The molecule has 0 unspecified atom stereocenters. The van der Waals surface area contributed by atoms with E-state index in [0.29, 0.717) is 28.5 Å². The molecule has 1 aromatic heterocycles. The van der Waals surface area contributed by atoms with Gasteiger partial charge in [0.15, 0.2) is 12.4 Å². The summed E-state index contributed by atoms with van der Waals surface area (Å²) in [5.74, 6) is 1.08. The van der Waals surface area contributed by atoms with Crippen molar-refractivity contribution in [2.45, 2.75) is 13.5 Å². The molecule has 0 bridgehead atoms. The molecule has 0 aliphatic carbocycles. The minimum absolute atomic E-state index is 0.0167. The SMILES string of the molecule is COc1cc(C(=O)OCc2cc(-c3ccccc3)no2)cc(OC)c1C. The predicted molar refractivity (Wildman–Crippen MR) is 95.3 cm³/mol. The Bertz CT molecular complexity index is 877. The summed E-state index contributed by atoms with van der Waals surface area (Å²) in [5, 5.41) is 4.00. The number of rotatable bonds is 6. The van der Waals surface area contributed by atoms with Gasteiger partial charge in [-0.3, -0.25) is 0 Å². The zero-order valence-corrected chi connectivity index (χ0v) is 14.8. The minimum atomic E-state index is -0.501. The molecule has 0 spiro atoms. The first-order chi connectivity index (χ1) is 12.6. The molecule has 6 nitrogen and oxygen atoms in total. The van der Waals surface area contributed by atoms with Crippen LogP contribution in [-0.4, -0.2) is 25.3 Å². The lowest BCUT2D eigenvalue weighted by atomic mass is 10.1. The second-order valence-electron chi connectivity index (χ2n) is 5.63. The van der Waals surface area contributed by atoms with Gasteiger partial charge in [-0.1, -0.05) is 35.5 Å². The third-order valence-corrected chi connectivity index (χ3v) is 3.96. The summed E-state index contributed by atoms with van der Waals surface area (Å²) < 4.78 is 21.1. The van der Waals surface area contributed by atoms with E-state index in [4.69, 9.17) is 18.7 Å². The summed E-state index contributed by atoms with van der Waals surface area (Å²) in [6.07, 6.45) is 0. The Balaban J connectivity index is 1.71. The molecule has 0 atom stereocenters. The van der Waals surface area contributed by atoms with Crippen LogP contribution in [0.25, 0.3) is 11.3 Å². The molecular weight excluding hydrogens is 334 g/mol. The summed E-state index contributed by atoms with van der Waals surface area (Å²) in [6.45, 7) is 1.84. The molecule has 3 aromatic rings. The van der Waals surface area contributed by atoms with Crippen LogP contribution in [0, 0.1) is 6.92 Å². The van der Waals surface area contributed by atoms with Crippen LogP contribution in [0.1, 0.15) is 21.7 Å². The minimum Gasteiger partial charge on any atom is -0.496 e. The van der Waals surface area contributed by atoms with Crippen LogP contribution in [0.3, 0.4) is 0 Å². The fourth-order valence-electron chi connectivity index (χ4n) is 2.55. The van der Waals surface area contributed by atoms with Crippen molar-refractivity contribution in [2.75, 3.05) is 14.2 Å². The molecule has 0 fully saturated rings. The second kappa shape index (κ2) is 7.74. The monoisotopic (exact) mass is 353 g/mol. The van der Waals surface area contributed by atoms with Gasteiger partial charge in [0.1, 0.15) is 17.2 Å². The van der Waals surface area contributed by atoms with Crippen LogP contribution in [-0.2, 0) is 11.3 Å². The maximum absolute atomic E-state index is 12.3. The molecule has 0 saturated carbocycles. The molecule has 0 aliphatic rings. The average Bonchev–Trinajstić information content (AvgIpc) is 3.16. The molecule has 134 valence electrons. The zero-order valence-electron chi connectivity index (χ0n) is 14.8. The largest absolute Gasteiger partial charge is 0.496 e. The Morgan fingerprint density at radius 2 is 1.69 bits per heavy atom. The van der Waals surface area contributed by atoms with Crippen LogP contribution >= 0.6 is 0 Å². The van der Waals surface area contributed by atoms with E-state index >= 15 is 0 Å². The Labute approximate surface area is 151 Å². The highest BCUT2D eigenvalue weighted by Gasteiger charge is 2.16. The first kappa shape index (κ1) is 17.5. The van der Waals surface area contributed by atoms with Crippen molar-refractivity contribution >= 4 is 5.97 Å². The van der Waals surface area contributed by atoms with Crippen LogP contribution in [0.5, 0.6) is 11.5 Å². The molecule has 2 aromatic carbocycles. The molecule has 0 amide bonds. The van der Waals surface area contributed by atoms with Gasteiger partial charge in [0.05, 0.1) is 19.8 Å². The van der Waals surface area contributed by atoms with E-state index in [-0.39, 0.29) is 6.61 Å². The highest BCUT2D eigenvalue weighted by molar-refractivity contribution is 5.90. The van der Waals surface area contributed by atoms with Crippen molar-refractivity contribution < 1.29 is 23.5 Å². The van der Waals surface area contributed by atoms with Gasteiger partial charge in [-0.25, -0.2) is 4.79 Å². The number of methoxy groups -OCH3 is 2. The summed E-state index contributed by atoms with van der Waals surface area (Å²) in [7, 11) is 3.08. The van der Waals surface area contributed by atoms with Crippen molar-refractivity contribution in [3.05, 3.63) is 65.4 Å². The smallest absolute Gasteiger partial charge is 0.338 e. The molecular formula is C20H19NO5. The lowest BCUT2D eigenvalue weighted by Crippen LogP contribution is -2.06. The molecule has 26 heavy (non-hydrogen) atoms. The van der Waals surface area contributed by atoms with E-state index in [9.17, 15) is 4.79 Å². The molecule has 0 aliphatic heterocycles. The molecule has 0 radical (unpaired) electrons. The van der Waals surface area contributed by atoms with Crippen molar-refractivity contribution in [2.24, 2.45) is 0 Å². The van der Waals surface area contributed by atoms with E-state index in [1.807, 2.05) is 37.3 Å². The maximum Gasteiger partial charge on any atom is 0.338 e. The van der Waals surface area contributed by atoms with Crippen LogP contribution in [0.2, 0.25) is 0 Å². The van der Waals surface area contributed by atoms with Gasteiger partial charge < -0.3 is 18.7 Å². The van der Waals surface area contributed by atoms with Gasteiger partial charge in [-0.05, 0) is 19.1 Å². The molecule has 0 N–H and O–H groups in total. The van der Waals surface area contributed by atoms with Gasteiger partial charge in [0.25, 0.3) is 0 Å². The Morgan fingerprint density at radius 3 is 2.31 bits per heavy atom. The highest BCUT2D eigenvalue weighted by Crippen LogP contribution is 2.30. The van der Waals surface area contributed by atoms with E-state index in [1.165, 1.54) is 14.2 Å². The summed E-state index contributed by atoms with van der Waals surface area (Å²) >= 11 is 0. The van der Waals surface area contributed by atoms with E-state index in [2.05, 4.69) is 5.16 Å². The Kier molecular flexibility index (Phi) is 5.22. The first-order valence-electron chi connectivity index (χ1n) is 8.03. The van der Waals surface area contributed by atoms with E-state index in [0.717, 1.165) is 11.1 Å². The van der Waals surface area contributed by atoms with Gasteiger partial charge in [0, 0.05) is 17.2 Å². The van der Waals surface area contributed by atoms with Gasteiger partial charge in [-0.15, -0.1) is 0 Å². The van der Waals surface area contributed by atoms with Crippen LogP contribution < -0.4 is 9.47 Å². The highest BCUT2D eigenvalue weighted by atomic mass is 16.5. The number of aromatic nitrogens is 1. The van der Waals surface area contributed by atoms with Crippen LogP contribution in [0.15, 0.2) is 53.1 Å². The van der Waals surface area contributed by atoms with Gasteiger partial charge in [0.2, 0.25) is 0 Å². The average molecular weight is 353 g/mol. The number of hydrogen-bond acceptors (Lipinski definition) is 6. The predicted octanol–water partition coefficient (Wildman–Crippen LogP) is 4.02. The number of nitrogens with zero attached hydrogens (tertiary/aromatic N) is 1. The lowest BCUT2D eigenvalue weighted by Gasteiger charge is -2.12. The van der Waals surface area contributed by atoms with Crippen molar-refractivity contribution in [3.8, 4) is 22.8 Å².